The van der Waals surface area contributed by atoms with Crippen LogP contribution in [0.5, 0.6) is 5.75 Å². The average Bonchev–Trinajstić information content (AvgIpc) is 2.36. The molecule has 3 N–H and O–H groups in total. The standard InChI is InChI=1S/C11H10BrN3O3/c1-18-7-4-2-3-6(5-7)15-9(13)8(12)10(16)14-11(15)17/h2-5H,13H2,1H3,(H,14,16,17). The molecule has 0 saturated carbocycles. The van der Waals surface area contributed by atoms with Crippen molar-refractivity contribution in [1.82, 2.24) is 9.55 Å². The summed E-state index contributed by atoms with van der Waals surface area (Å²) in [6.07, 6.45) is 0. The zero-order valence-corrected chi connectivity index (χ0v) is 11.0. The largest absolute Gasteiger partial charge is 0.497 e. The predicted molar refractivity (Wildman–Crippen MR) is 71.3 cm³/mol. The number of benzene rings is 1. The molecule has 0 radical (unpaired) electrons. The Morgan fingerprint density at radius 3 is 2.78 bits per heavy atom. The van der Waals surface area contributed by atoms with Gasteiger partial charge in [-0.1, -0.05) is 6.07 Å². The second kappa shape index (κ2) is 4.69. The van der Waals surface area contributed by atoms with Gasteiger partial charge in [-0.3, -0.25) is 9.78 Å². The fourth-order valence-electron chi connectivity index (χ4n) is 1.54. The zero-order valence-electron chi connectivity index (χ0n) is 9.44. The quantitative estimate of drug-likeness (QED) is 0.861. The van der Waals surface area contributed by atoms with Crippen molar-refractivity contribution in [1.29, 1.82) is 0 Å². The Morgan fingerprint density at radius 2 is 2.11 bits per heavy atom. The van der Waals surface area contributed by atoms with E-state index in [0.29, 0.717) is 11.4 Å². The monoisotopic (exact) mass is 311 g/mol. The highest BCUT2D eigenvalue weighted by Gasteiger charge is 2.11. The number of nitrogens with one attached hydrogen (secondary N) is 1. The van der Waals surface area contributed by atoms with Crippen molar-refractivity contribution in [2.75, 3.05) is 12.8 Å². The fraction of sp³-hybridized carbons (Fsp3) is 0.0909. The molecule has 2 rings (SSSR count). The van der Waals surface area contributed by atoms with Crippen LogP contribution < -0.4 is 21.7 Å². The van der Waals surface area contributed by atoms with E-state index in [1.165, 1.54) is 11.7 Å². The van der Waals surface area contributed by atoms with Crippen LogP contribution in [-0.2, 0) is 0 Å². The predicted octanol–water partition coefficient (Wildman–Crippen LogP) is 0.879. The number of nitrogens with two attached hydrogens (primary N) is 1. The zero-order chi connectivity index (χ0) is 13.3. The van der Waals surface area contributed by atoms with Crippen molar-refractivity contribution in [3.05, 3.63) is 49.6 Å². The first kappa shape index (κ1) is 12.4. The number of H-pyrrole nitrogens is 1. The molecule has 0 unspecified atom stereocenters. The minimum absolute atomic E-state index is 0.0389. The van der Waals surface area contributed by atoms with E-state index in [9.17, 15) is 9.59 Å². The summed E-state index contributed by atoms with van der Waals surface area (Å²) in [7, 11) is 1.52. The van der Waals surface area contributed by atoms with Gasteiger partial charge in [0.05, 0.1) is 12.8 Å². The van der Waals surface area contributed by atoms with E-state index < -0.39 is 11.2 Å². The Balaban J connectivity index is 2.75. The minimum atomic E-state index is -0.603. The van der Waals surface area contributed by atoms with Gasteiger partial charge in [-0.25, -0.2) is 9.36 Å². The summed E-state index contributed by atoms with van der Waals surface area (Å²) in [6.45, 7) is 0. The smallest absolute Gasteiger partial charge is 0.334 e. The van der Waals surface area contributed by atoms with E-state index in [4.69, 9.17) is 10.5 Å². The van der Waals surface area contributed by atoms with Gasteiger partial charge < -0.3 is 10.5 Å². The van der Waals surface area contributed by atoms with E-state index in [2.05, 4.69) is 20.9 Å². The van der Waals surface area contributed by atoms with E-state index in [1.54, 1.807) is 24.3 Å². The number of ether oxygens (including phenoxy) is 1. The van der Waals surface area contributed by atoms with Crippen LogP contribution in [0.1, 0.15) is 0 Å². The number of hydrogen-bond acceptors (Lipinski definition) is 4. The van der Waals surface area contributed by atoms with E-state index in [-0.39, 0.29) is 10.3 Å². The maximum absolute atomic E-state index is 11.8. The van der Waals surface area contributed by atoms with Gasteiger partial charge in [-0.15, -0.1) is 0 Å². The van der Waals surface area contributed by atoms with Crippen LogP contribution in [0.15, 0.2) is 38.3 Å². The number of anilines is 1. The summed E-state index contributed by atoms with van der Waals surface area (Å²) in [5.41, 5.74) is 5.11. The summed E-state index contributed by atoms with van der Waals surface area (Å²) in [4.78, 5) is 25.3. The summed E-state index contributed by atoms with van der Waals surface area (Å²) in [5, 5.41) is 0. The van der Waals surface area contributed by atoms with E-state index >= 15 is 0 Å². The van der Waals surface area contributed by atoms with Crippen LogP contribution >= 0.6 is 15.9 Å². The van der Waals surface area contributed by atoms with E-state index in [0.717, 1.165) is 0 Å². The Bertz CT molecular complexity index is 705. The third-order valence-corrected chi connectivity index (χ3v) is 3.17. The topological polar surface area (TPSA) is 90.1 Å². The molecule has 1 heterocycles. The number of halogens is 1. The second-order valence-electron chi connectivity index (χ2n) is 3.50. The normalized spacial score (nSPS) is 10.3. The summed E-state index contributed by atoms with van der Waals surface area (Å²) < 4.78 is 6.37. The van der Waals surface area contributed by atoms with Gasteiger partial charge >= 0.3 is 5.69 Å². The number of methoxy groups -OCH3 is 1. The first-order chi connectivity index (χ1) is 8.54. The molecule has 0 aliphatic carbocycles. The number of nitrogen functional groups attached to an aromatic ring is 1. The lowest BCUT2D eigenvalue weighted by Gasteiger charge is -2.10. The molecular weight excluding hydrogens is 302 g/mol. The second-order valence-corrected chi connectivity index (χ2v) is 4.29. The Morgan fingerprint density at radius 1 is 1.39 bits per heavy atom. The van der Waals surface area contributed by atoms with Gasteiger partial charge in [-0.05, 0) is 28.1 Å². The first-order valence-corrected chi connectivity index (χ1v) is 5.78. The van der Waals surface area contributed by atoms with Gasteiger partial charge in [0.1, 0.15) is 16.0 Å². The van der Waals surface area contributed by atoms with Crippen LogP contribution in [0, 0.1) is 0 Å². The molecule has 0 fully saturated rings. The molecule has 2 aromatic rings. The molecule has 0 saturated heterocycles. The highest BCUT2D eigenvalue weighted by Crippen LogP contribution is 2.19. The van der Waals surface area contributed by atoms with Crippen molar-refractivity contribution in [2.24, 2.45) is 0 Å². The summed E-state index contributed by atoms with van der Waals surface area (Å²) in [5.74, 6) is 0.623. The molecule has 94 valence electrons. The van der Waals surface area contributed by atoms with Crippen LogP contribution in [0.2, 0.25) is 0 Å². The lowest BCUT2D eigenvalue weighted by molar-refractivity contribution is 0.414. The highest BCUT2D eigenvalue weighted by molar-refractivity contribution is 9.10. The average molecular weight is 312 g/mol. The molecule has 6 nitrogen and oxygen atoms in total. The van der Waals surface area contributed by atoms with Crippen molar-refractivity contribution in [2.45, 2.75) is 0 Å². The molecule has 0 atom stereocenters. The number of hydrogen-bond donors (Lipinski definition) is 2. The molecule has 0 aliphatic heterocycles. The molecule has 1 aromatic carbocycles. The lowest BCUT2D eigenvalue weighted by atomic mass is 10.3. The number of aromatic amines is 1. The molecular formula is C11H10BrN3O3. The molecule has 0 spiro atoms. The van der Waals surface area contributed by atoms with Crippen LogP contribution in [0.3, 0.4) is 0 Å². The SMILES string of the molecule is COc1cccc(-n2c(N)c(Br)c(=O)[nH]c2=O)c1. The molecule has 1 aromatic heterocycles. The number of aromatic nitrogens is 2. The number of nitrogens with zero attached hydrogens (tertiary/aromatic N) is 1. The molecule has 0 aliphatic rings. The fourth-order valence-corrected chi connectivity index (χ4v) is 1.81. The van der Waals surface area contributed by atoms with Gasteiger partial charge in [0, 0.05) is 6.07 Å². The highest BCUT2D eigenvalue weighted by atomic mass is 79.9. The van der Waals surface area contributed by atoms with Gasteiger partial charge in [-0.2, -0.15) is 0 Å². The molecule has 18 heavy (non-hydrogen) atoms. The summed E-state index contributed by atoms with van der Waals surface area (Å²) >= 11 is 3.04. The first-order valence-electron chi connectivity index (χ1n) is 4.99. The van der Waals surface area contributed by atoms with Crippen LogP contribution in [0.4, 0.5) is 5.82 Å². The van der Waals surface area contributed by atoms with Crippen LogP contribution in [-0.4, -0.2) is 16.7 Å². The van der Waals surface area contributed by atoms with Gasteiger partial charge in [0.15, 0.2) is 0 Å². The summed E-state index contributed by atoms with van der Waals surface area (Å²) in [6, 6.07) is 6.79. The Hall–Kier alpha value is -2.02. The third kappa shape index (κ3) is 2.04. The van der Waals surface area contributed by atoms with Crippen molar-refractivity contribution in [3.8, 4) is 11.4 Å². The molecule has 7 heteroatoms. The molecule has 0 bridgehead atoms. The van der Waals surface area contributed by atoms with Crippen molar-refractivity contribution in [3.63, 3.8) is 0 Å². The lowest BCUT2D eigenvalue weighted by Crippen LogP contribution is -2.31. The Kier molecular flexibility index (Phi) is 3.24. The minimum Gasteiger partial charge on any atom is -0.497 e. The van der Waals surface area contributed by atoms with Gasteiger partial charge in [0.25, 0.3) is 5.56 Å². The Labute approximate surface area is 110 Å². The maximum atomic E-state index is 11.8. The van der Waals surface area contributed by atoms with Gasteiger partial charge in [0.2, 0.25) is 0 Å². The maximum Gasteiger partial charge on any atom is 0.334 e. The van der Waals surface area contributed by atoms with Crippen molar-refractivity contribution < 1.29 is 4.74 Å². The molecule has 0 amide bonds. The van der Waals surface area contributed by atoms with Crippen molar-refractivity contribution >= 4 is 21.7 Å². The third-order valence-electron chi connectivity index (χ3n) is 2.40. The van der Waals surface area contributed by atoms with Crippen LogP contribution in [0.25, 0.3) is 5.69 Å². The number of rotatable bonds is 2. The van der Waals surface area contributed by atoms with E-state index in [1.807, 2.05) is 0 Å².